The monoisotopic (exact) mass is 377 g/mol. The van der Waals surface area contributed by atoms with E-state index in [0.29, 0.717) is 17.3 Å². The van der Waals surface area contributed by atoms with Gasteiger partial charge in [0.05, 0.1) is 10.7 Å². The van der Waals surface area contributed by atoms with Gasteiger partial charge in [0.2, 0.25) is 0 Å². The third kappa shape index (κ3) is 4.91. The van der Waals surface area contributed by atoms with Crippen LogP contribution in [0.15, 0.2) is 17.1 Å². The molecule has 2 heterocycles. The van der Waals surface area contributed by atoms with Gasteiger partial charge in [-0.25, -0.2) is 9.79 Å². The van der Waals surface area contributed by atoms with Gasteiger partial charge in [0.25, 0.3) is 0 Å². The molecule has 0 aromatic heterocycles. The zero-order valence-corrected chi connectivity index (χ0v) is 16.3. The number of amides is 1. The van der Waals surface area contributed by atoms with E-state index in [9.17, 15) is 4.79 Å². The van der Waals surface area contributed by atoms with E-state index in [0.717, 1.165) is 49.4 Å². The molecule has 3 rings (SSSR count). The number of carbonyl (C=O) groups is 1. The number of unbranched alkanes of at least 4 members (excludes halogenated alkanes) is 4. The molecule has 6 heteroatoms. The Morgan fingerprint density at radius 3 is 2.96 bits per heavy atom. The minimum atomic E-state index is -0.444. The quantitative estimate of drug-likeness (QED) is 0.644. The SMILES string of the molecule is CCCCCCCNC(=O)Oc1cc2c(cc1Cl)N=C1CCCCN1C2. The lowest BCUT2D eigenvalue weighted by Crippen LogP contribution is -2.36. The molecule has 0 bridgehead atoms. The number of ether oxygens (including phenoxy) is 1. The minimum Gasteiger partial charge on any atom is -0.409 e. The molecule has 1 aromatic rings. The first-order chi connectivity index (χ1) is 12.7. The summed E-state index contributed by atoms with van der Waals surface area (Å²) in [5.41, 5.74) is 1.95. The van der Waals surface area contributed by atoms with E-state index in [-0.39, 0.29) is 0 Å². The molecule has 1 aromatic carbocycles. The van der Waals surface area contributed by atoms with Crippen LogP contribution < -0.4 is 10.1 Å². The topological polar surface area (TPSA) is 53.9 Å². The Hall–Kier alpha value is -1.75. The van der Waals surface area contributed by atoms with Crippen LogP contribution in [0.25, 0.3) is 0 Å². The van der Waals surface area contributed by atoms with Gasteiger partial charge in [-0.15, -0.1) is 0 Å². The van der Waals surface area contributed by atoms with Crippen LogP contribution in [0.1, 0.15) is 63.9 Å². The summed E-state index contributed by atoms with van der Waals surface area (Å²) >= 11 is 6.31. The second-order valence-corrected chi connectivity index (χ2v) is 7.46. The van der Waals surface area contributed by atoms with E-state index in [1.165, 1.54) is 32.1 Å². The highest BCUT2D eigenvalue weighted by atomic mass is 35.5. The number of halogens is 1. The van der Waals surface area contributed by atoms with Crippen molar-refractivity contribution >= 4 is 29.2 Å². The first kappa shape index (κ1) is 19.0. The van der Waals surface area contributed by atoms with Gasteiger partial charge < -0.3 is 15.0 Å². The molecule has 2 aliphatic heterocycles. The Kier molecular flexibility index (Phi) is 6.78. The van der Waals surface area contributed by atoms with Crippen molar-refractivity contribution in [3.8, 4) is 5.75 Å². The third-order valence-corrected chi connectivity index (χ3v) is 5.24. The van der Waals surface area contributed by atoms with Crippen molar-refractivity contribution in [2.45, 2.75) is 64.8 Å². The maximum absolute atomic E-state index is 12.0. The number of piperidine rings is 1. The van der Waals surface area contributed by atoms with Crippen molar-refractivity contribution in [1.29, 1.82) is 0 Å². The highest BCUT2D eigenvalue weighted by molar-refractivity contribution is 6.32. The van der Waals surface area contributed by atoms with Gasteiger partial charge in [-0.05, 0) is 31.4 Å². The number of carbonyl (C=O) groups excluding carboxylic acids is 1. The van der Waals surface area contributed by atoms with Gasteiger partial charge in [-0.1, -0.05) is 44.2 Å². The maximum atomic E-state index is 12.0. The summed E-state index contributed by atoms with van der Waals surface area (Å²) in [4.78, 5) is 19.1. The van der Waals surface area contributed by atoms with Gasteiger partial charge in [0.1, 0.15) is 5.84 Å². The van der Waals surface area contributed by atoms with E-state index in [2.05, 4.69) is 17.1 Å². The number of hydrogen-bond donors (Lipinski definition) is 1. The van der Waals surface area contributed by atoms with Crippen molar-refractivity contribution in [3.05, 3.63) is 22.7 Å². The van der Waals surface area contributed by atoms with Gasteiger partial charge in [-0.2, -0.15) is 0 Å². The summed E-state index contributed by atoms with van der Waals surface area (Å²) in [7, 11) is 0. The molecule has 0 atom stereocenters. The highest BCUT2D eigenvalue weighted by Gasteiger charge is 2.24. The predicted molar refractivity (Wildman–Crippen MR) is 106 cm³/mol. The molecule has 2 aliphatic rings. The summed E-state index contributed by atoms with van der Waals surface area (Å²) in [5.74, 6) is 1.55. The van der Waals surface area contributed by atoms with Crippen LogP contribution in [-0.4, -0.2) is 29.9 Å². The number of amidine groups is 1. The van der Waals surface area contributed by atoms with Crippen molar-refractivity contribution < 1.29 is 9.53 Å². The molecule has 1 saturated heterocycles. The Balaban J connectivity index is 1.56. The lowest BCUT2D eigenvalue weighted by atomic mass is 10.0. The number of nitrogens with zero attached hydrogens (tertiary/aromatic N) is 2. The van der Waals surface area contributed by atoms with E-state index >= 15 is 0 Å². The van der Waals surface area contributed by atoms with Crippen LogP contribution in [0.4, 0.5) is 10.5 Å². The molecular weight excluding hydrogens is 350 g/mol. The lowest BCUT2D eigenvalue weighted by molar-refractivity contribution is 0.200. The van der Waals surface area contributed by atoms with Crippen LogP contribution in [0.3, 0.4) is 0 Å². The van der Waals surface area contributed by atoms with Crippen molar-refractivity contribution in [2.75, 3.05) is 13.1 Å². The Labute approximate surface area is 160 Å². The lowest BCUT2D eigenvalue weighted by Gasteiger charge is -2.34. The normalized spacial score (nSPS) is 15.8. The summed E-state index contributed by atoms with van der Waals surface area (Å²) in [6.45, 7) is 4.66. The van der Waals surface area contributed by atoms with E-state index in [4.69, 9.17) is 21.3 Å². The van der Waals surface area contributed by atoms with Crippen LogP contribution in [0.5, 0.6) is 5.75 Å². The molecule has 1 amide bonds. The first-order valence-electron chi connectivity index (χ1n) is 9.78. The second kappa shape index (κ2) is 9.26. The molecular formula is C20H28ClN3O2. The zero-order chi connectivity index (χ0) is 18.4. The van der Waals surface area contributed by atoms with Crippen LogP contribution in [-0.2, 0) is 6.54 Å². The molecule has 26 heavy (non-hydrogen) atoms. The second-order valence-electron chi connectivity index (χ2n) is 7.05. The summed E-state index contributed by atoms with van der Waals surface area (Å²) in [6, 6.07) is 3.66. The molecule has 142 valence electrons. The highest BCUT2D eigenvalue weighted by Crippen LogP contribution is 2.37. The van der Waals surface area contributed by atoms with Gasteiger partial charge in [0, 0.05) is 31.6 Å². The number of benzene rings is 1. The minimum absolute atomic E-state index is 0.407. The van der Waals surface area contributed by atoms with Crippen molar-refractivity contribution in [1.82, 2.24) is 10.2 Å². The predicted octanol–water partition coefficient (Wildman–Crippen LogP) is 5.43. The standard InChI is InChI=1S/C20H28ClN3O2/c1-2-3-4-5-7-10-22-20(25)26-18-12-15-14-24-11-8-6-9-19(24)23-17(15)13-16(18)21/h12-13H,2-11,14H2,1H3,(H,22,25). The van der Waals surface area contributed by atoms with Crippen molar-refractivity contribution in [3.63, 3.8) is 0 Å². The number of hydrogen-bond acceptors (Lipinski definition) is 4. The molecule has 5 nitrogen and oxygen atoms in total. The fourth-order valence-corrected chi connectivity index (χ4v) is 3.66. The fourth-order valence-electron chi connectivity index (χ4n) is 3.46. The summed E-state index contributed by atoms with van der Waals surface area (Å²) < 4.78 is 5.43. The Bertz CT molecular complexity index is 675. The first-order valence-corrected chi connectivity index (χ1v) is 10.2. The molecule has 0 saturated carbocycles. The molecule has 0 aliphatic carbocycles. The average molecular weight is 378 g/mol. The Morgan fingerprint density at radius 2 is 2.12 bits per heavy atom. The van der Waals surface area contributed by atoms with Gasteiger partial charge in [0.15, 0.2) is 5.75 Å². The molecule has 0 radical (unpaired) electrons. The molecule has 0 unspecified atom stereocenters. The Morgan fingerprint density at radius 1 is 1.27 bits per heavy atom. The zero-order valence-electron chi connectivity index (χ0n) is 15.5. The number of fused-ring (bicyclic) bond motifs is 2. The van der Waals surface area contributed by atoms with E-state index in [1.807, 2.05) is 12.1 Å². The smallest absolute Gasteiger partial charge is 0.409 e. The maximum Gasteiger partial charge on any atom is 0.412 e. The fraction of sp³-hybridized carbons (Fsp3) is 0.600. The van der Waals surface area contributed by atoms with Gasteiger partial charge >= 0.3 is 6.09 Å². The number of aliphatic imine (C=N–C) groups is 1. The van der Waals surface area contributed by atoms with Crippen molar-refractivity contribution in [2.24, 2.45) is 4.99 Å². The number of nitrogens with one attached hydrogen (secondary N) is 1. The molecule has 1 fully saturated rings. The van der Waals surface area contributed by atoms with Gasteiger partial charge in [-0.3, -0.25) is 0 Å². The average Bonchev–Trinajstić information content (AvgIpc) is 2.63. The summed E-state index contributed by atoms with van der Waals surface area (Å²) in [6.07, 6.45) is 8.75. The molecule has 0 spiro atoms. The largest absolute Gasteiger partial charge is 0.412 e. The van der Waals surface area contributed by atoms with Crippen LogP contribution >= 0.6 is 11.6 Å². The van der Waals surface area contributed by atoms with E-state index < -0.39 is 6.09 Å². The van der Waals surface area contributed by atoms with Crippen LogP contribution in [0, 0.1) is 0 Å². The van der Waals surface area contributed by atoms with Crippen LogP contribution in [0.2, 0.25) is 5.02 Å². The molecule has 1 N–H and O–H groups in total. The number of rotatable bonds is 7. The van der Waals surface area contributed by atoms with E-state index in [1.54, 1.807) is 0 Å². The summed E-state index contributed by atoms with van der Waals surface area (Å²) in [5, 5.41) is 3.23. The third-order valence-electron chi connectivity index (χ3n) is 4.94.